The minimum absolute atomic E-state index is 0.0217. The summed E-state index contributed by atoms with van der Waals surface area (Å²) in [7, 11) is 0. The molecule has 26 heavy (non-hydrogen) atoms. The lowest BCUT2D eigenvalue weighted by Gasteiger charge is -2.16. The van der Waals surface area contributed by atoms with E-state index in [9.17, 15) is 14.7 Å². The first-order chi connectivity index (χ1) is 12.4. The van der Waals surface area contributed by atoms with E-state index in [1.165, 1.54) is 6.92 Å². The highest BCUT2D eigenvalue weighted by atomic mass is 35.5. The minimum atomic E-state index is -0.931. The molecule has 2 atom stereocenters. The molecule has 8 heteroatoms. The van der Waals surface area contributed by atoms with E-state index in [0.29, 0.717) is 41.4 Å². The summed E-state index contributed by atoms with van der Waals surface area (Å²) >= 11 is 5.91. The van der Waals surface area contributed by atoms with Crippen LogP contribution in [-0.4, -0.2) is 46.1 Å². The number of nitrogens with zero attached hydrogens (tertiary/aromatic N) is 2. The summed E-state index contributed by atoms with van der Waals surface area (Å²) in [5.41, 5.74) is 1.46. The highest BCUT2D eigenvalue weighted by Crippen LogP contribution is 2.32. The molecule has 0 saturated carbocycles. The van der Waals surface area contributed by atoms with E-state index in [1.807, 2.05) is 0 Å². The number of amides is 2. The van der Waals surface area contributed by atoms with Crippen molar-refractivity contribution in [2.24, 2.45) is 0 Å². The maximum atomic E-state index is 12.8. The zero-order valence-electron chi connectivity index (χ0n) is 14.5. The van der Waals surface area contributed by atoms with Crippen LogP contribution >= 0.6 is 11.6 Å². The molecule has 2 N–H and O–H groups in total. The third-order valence-corrected chi connectivity index (χ3v) is 4.59. The van der Waals surface area contributed by atoms with E-state index in [1.54, 1.807) is 36.1 Å². The molecule has 1 fully saturated rings. The Morgan fingerprint density at radius 2 is 2.08 bits per heavy atom. The number of rotatable bonds is 4. The number of likely N-dealkylation sites (tertiary alicyclic amines) is 1. The van der Waals surface area contributed by atoms with Crippen LogP contribution in [0.2, 0.25) is 5.02 Å². The normalized spacial score (nSPS) is 18.0. The van der Waals surface area contributed by atoms with Gasteiger partial charge in [-0.3, -0.25) is 9.59 Å². The maximum Gasteiger partial charge on any atom is 0.292 e. The lowest BCUT2D eigenvalue weighted by molar-refractivity contribution is -0.119. The van der Waals surface area contributed by atoms with Crippen LogP contribution in [0.4, 0.5) is 0 Å². The number of hydrogen-bond donors (Lipinski definition) is 2. The average Bonchev–Trinajstić information content (AvgIpc) is 3.21. The second-order valence-corrected chi connectivity index (χ2v) is 6.83. The molecule has 0 bridgehead atoms. The fourth-order valence-electron chi connectivity index (χ4n) is 3.15. The van der Waals surface area contributed by atoms with E-state index in [0.717, 1.165) is 0 Å². The number of aliphatic hydroxyl groups is 1. The second-order valence-electron chi connectivity index (χ2n) is 6.39. The molecular weight excluding hydrogens is 358 g/mol. The fourth-order valence-corrected chi connectivity index (χ4v) is 3.27. The van der Waals surface area contributed by atoms with Gasteiger partial charge in [0.1, 0.15) is 5.69 Å². The Morgan fingerprint density at radius 1 is 1.38 bits per heavy atom. The van der Waals surface area contributed by atoms with Gasteiger partial charge in [0, 0.05) is 36.6 Å². The van der Waals surface area contributed by atoms with Gasteiger partial charge in [0.15, 0.2) is 0 Å². The standard InChI is InChI=1S/C18H20ClN3O4/c1-10(23)15-16(12-3-5-13(19)6-4-12)21-26-17(15)18(25)22-8-7-14(9-22)20-11(2)24/h3-6,10,14,23H,7-9H2,1-2H3,(H,20,24)/t10-,14+/m0/s1. The molecule has 2 heterocycles. The lowest BCUT2D eigenvalue weighted by Crippen LogP contribution is -2.37. The number of hydrogen-bond acceptors (Lipinski definition) is 5. The second kappa shape index (κ2) is 7.47. The maximum absolute atomic E-state index is 12.8. The van der Waals surface area contributed by atoms with Crippen LogP contribution in [0, 0.1) is 0 Å². The Hall–Kier alpha value is -2.38. The van der Waals surface area contributed by atoms with Crippen LogP contribution in [0.3, 0.4) is 0 Å². The van der Waals surface area contributed by atoms with Crippen LogP contribution in [0.5, 0.6) is 0 Å². The van der Waals surface area contributed by atoms with Crippen molar-refractivity contribution in [2.45, 2.75) is 32.4 Å². The molecule has 0 unspecified atom stereocenters. The van der Waals surface area contributed by atoms with Gasteiger partial charge in [-0.25, -0.2) is 0 Å². The first-order valence-corrected chi connectivity index (χ1v) is 8.74. The minimum Gasteiger partial charge on any atom is -0.388 e. The molecule has 7 nitrogen and oxygen atoms in total. The van der Waals surface area contributed by atoms with Crippen molar-refractivity contribution in [2.75, 3.05) is 13.1 Å². The largest absolute Gasteiger partial charge is 0.388 e. The van der Waals surface area contributed by atoms with Gasteiger partial charge in [0.25, 0.3) is 5.91 Å². The Labute approximate surface area is 155 Å². The molecule has 1 saturated heterocycles. The molecule has 1 aliphatic rings. The lowest BCUT2D eigenvalue weighted by atomic mass is 10.0. The molecule has 0 spiro atoms. The molecule has 3 rings (SSSR count). The number of halogens is 1. The van der Waals surface area contributed by atoms with Crippen LogP contribution in [0.1, 0.15) is 42.5 Å². The molecule has 0 radical (unpaired) electrons. The Bertz CT molecular complexity index is 816. The van der Waals surface area contributed by atoms with Gasteiger partial charge in [0.05, 0.1) is 11.7 Å². The van der Waals surface area contributed by atoms with Crippen molar-refractivity contribution in [1.82, 2.24) is 15.4 Å². The molecule has 1 aliphatic heterocycles. The van der Waals surface area contributed by atoms with Crippen molar-refractivity contribution in [3.05, 3.63) is 40.6 Å². The topological polar surface area (TPSA) is 95.7 Å². The Balaban J connectivity index is 1.87. The number of benzene rings is 1. The van der Waals surface area contributed by atoms with Gasteiger partial charge in [-0.15, -0.1) is 0 Å². The van der Waals surface area contributed by atoms with E-state index in [-0.39, 0.29) is 23.6 Å². The molecule has 1 aromatic carbocycles. The van der Waals surface area contributed by atoms with Crippen LogP contribution < -0.4 is 5.32 Å². The summed E-state index contributed by atoms with van der Waals surface area (Å²) in [5.74, 6) is -0.450. The summed E-state index contributed by atoms with van der Waals surface area (Å²) in [6, 6.07) is 6.84. The van der Waals surface area contributed by atoms with Crippen molar-refractivity contribution < 1.29 is 19.2 Å². The zero-order chi connectivity index (χ0) is 18.8. The molecule has 2 aromatic rings. The SMILES string of the molecule is CC(=O)N[C@@H]1CCN(C(=O)c2onc(-c3ccc(Cl)cc3)c2[C@H](C)O)C1. The van der Waals surface area contributed by atoms with Gasteiger partial charge < -0.3 is 19.8 Å². The number of aliphatic hydroxyl groups excluding tert-OH is 1. The predicted molar refractivity (Wildman–Crippen MR) is 95.7 cm³/mol. The van der Waals surface area contributed by atoms with E-state index in [2.05, 4.69) is 10.5 Å². The Kier molecular flexibility index (Phi) is 5.29. The summed E-state index contributed by atoms with van der Waals surface area (Å²) in [6.07, 6.45) is -0.257. The summed E-state index contributed by atoms with van der Waals surface area (Å²) in [6.45, 7) is 3.91. The van der Waals surface area contributed by atoms with Crippen LogP contribution in [0.15, 0.2) is 28.8 Å². The number of carbonyl (C=O) groups excluding carboxylic acids is 2. The highest BCUT2D eigenvalue weighted by molar-refractivity contribution is 6.30. The van der Waals surface area contributed by atoms with E-state index >= 15 is 0 Å². The fraction of sp³-hybridized carbons (Fsp3) is 0.389. The van der Waals surface area contributed by atoms with Crippen molar-refractivity contribution in [3.8, 4) is 11.3 Å². The van der Waals surface area contributed by atoms with Crippen LogP contribution in [0.25, 0.3) is 11.3 Å². The van der Waals surface area contributed by atoms with Crippen molar-refractivity contribution in [3.63, 3.8) is 0 Å². The molecular formula is C18H20ClN3O4. The molecule has 1 aromatic heterocycles. The number of carbonyl (C=O) groups is 2. The van der Waals surface area contributed by atoms with E-state index < -0.39 is 6.10 Å². The average molecular weight is 378 g/mol. The van der Waals surface area contributed by atoms with Gasteiger partial charge in [-0.1, -0.05) is 28.9 Å². The molecule has 138 valence electrons. The highest BCUT2D eigenvalue weighted by Gasteiger charge is 2.33. The quantitative estimate of drug-likeness (QED) is 0.853. The smallest absolute Gasteiger partial charge is 0.292 e. The van der Waals surface area contributed by atoms with Gasteiger partial charge in [-0.05, 0) is 25.5 Å². The summed E-state index contributed by atoms with van der Waals surface area (Å²) < 4.78 is 5.31. The third-order valence-electron chi connectivity index (χ3n) is 4.34. The van der Waals surface area contributed by atoms with E-state index in [4.69, 9.17) is 16.1 Å². The van der Waals surface area contributed by atoms with Crippen LogP contribution in [-0.2, 0) is 4.79 Å². The van der Waals surface area contributed by atoms with Gasteiger partial charge >= 0.3 is 0 Å². The monoisotopic (exact) mass is 377 g/mol. The molecule has 0 aliphatic carbocycles. The third kappa shape index (κ3) is 3.73. The number of nitrogens with one attached hydrogen (secondary N) is 1. The Morgan fingerprint density at radius 3 is 2.69 bits per heavy atom. The first-order valence-electron chi connectivity index (χ1n) is 8.36. The number of aromatic nitrogens is 1. The first kappa shape index (κ1) is 18.4. The van der Waals surface area contributed by atoms with Crippen molar-refractivity contribution >= 4 is 23.4 Å². The van der Waals surface area contributed by atoms with Gasteiger partial charge in [0.2, 0.25) is 11.7 Å². The van der Waals surface area contributed by atoms with Crippen molar-refractivity contribution in [1.29, 1.82) is 0 Å². The molecule has 2 amide bonds. The summed E-state index contributed by atoms with van der Waals surface area (Å²) in [4.78, 5) is 25.6. The van der Waals surface area contributed by atoms with Gasteiger partial charge in [-0.2, -0.15) is 0 Å². The zero-order valence-corrected chi connectivity index (χ0v) is 15.3. The summed E-state index contributed by atoms with van der Waals surface area (Å²) in [5, 5.41) is 17.6. The predicted octanol–water partition coefficient (Wildman–Crippen LogP) is 2.40.